The fourth-order valence-electron chi connectivity index (χ4n) is 3.94. The largest absolute Gasteiger partial charge is 0.443 e. The van der Waals surface area contributed by atoms with Crippen molar-refractivity contribution in [2.24, 2.45) is 0 Å². The summed E-state index contributed by atoms with van der Waals surface area (Å²) in [7, 11) is 0. The minimum atomic E-state index is -0.341. The Morgan fingerprint density at radius 3 is 2.59 bits per heavy atom. The number of carbonyl (C=O) groups excluding carboxylic acids is 2. The molecule has 1 atom stereocenters. The molecule has 2 fully saturated rings. The highest BCUT2D eigenvalue weighted by molar-refractivity contribution is 5.90. The summed E-state index contributed by atoms with van der Waals surface area (Å²) in [6.45, 7) is 8.63. The van der Waals surface area contributed by atoms with Gasteiger partial charge in [0, 0.05) is 57.4 Å². The van der Waals surface area contributed by atoms with Crippen LogP contribution >= 0.6 is 0 Å². The van der Waals surface area contributed by atoms with E-state index in [0.717, 1.165) is 43.7 Å². The number of nitrogens with zero attached hydrogens (tertiary/aromatic N) is 5. The highest BCUT2D eigenvalue weighted by Crippen LogP contribution is 2.25. The van der Waals surface area contributed by atoms with Crippen molar-refractivity contribution < 1.29 is 18.8 Å². The molecule has 0 saturated carbocycles. The predicted molar refractivity (Wildman–Crippen MR) is 118 cm³/mol. The summed E-state index contributed by atoms with van der Waals surface area (Å²) in [5, 5.41) is 6.88. The SMILES string of the molecule is CCCCNC(=O)N1CCN(CC2CN(c3ccc(-c4noc(C)n4)cc3)C(=O)O2)CC1. The average Bonchev–Trinajstić information content (AvgIpc) is 3.39. The van der Waals surface area contributed by atoms with Gasteiger partial charge in [-0.2, -0.15) is 4.98 Å². The van der Waals surface area contributed by atoms with Crippen molar-refractivity contribution in [1.82, 2.24) is 25.3 Å². The predicted octanol–water partition coefficient (Wildman–Crippen LogP) is 2.50. The molecule has 3 heterocycles. The number of carbonyl (C=O) groups is 2. The van der Waals surface area contributed by atoms with E-state index in [4.69, 9.17) is 9.26 Å². The molecule has 1 N–H and O–H groups in total. The van der Waals surface area contributed by atoms with E-state index in [1.54, 1.807) is 11.8 Å². The Balaban J connectivity index is 1.26. The number of piperazine rings is 1. The van der Waals surface area contributed by atoms with Crippen molar-refractivity contribution in [1.29, 1.82) is 0 Å². The van der Waals surface area contributed by atoms with Crippen LogP contribution in [0, 0.1) is 6.92 Å². The van der Waals surface area contributed by atoms with Crippen LogP contribution in [0.25, 0.3) is 11.4 Å². The van der Waals surface area contributed by atoms with Crippen LogP contribution in [0.1, 0.15) is 25.7 Å². The minimum Gasteiger partial charge on any atom is -0.443 e. The topological polar surface area (TPSA) is 104 Å². The molecule has 0 bridgehead atoms. The van der Waals surface area contributed by atoms with Crippen molar-refractivity contribution in [3.8, 4) is 11.4 Å². The number of urea groups is 1. The van der Waals surface area contributed by atoms with E-state index in [1.807, 2.05) is 29.2 Å². The van der Waals surface area contributed by atoms with Gasteiger partial charge >= 0.3 is 12.1 Å². The zero-order valence-corrected chi connectivity index (χ0v) is 18.6. The molecule has 1 aromatic carbocycles. The number of benzene rings is 1. The first-order valence-corrected chi connectivity index (χ1v) is 11.2. The van der Waals surface area contributed by atoms with E-state index in [0.29, 0.717) is 37.9 Å². The lowest BCUT2D eigenvalue weighted by Crippen LogP contribution is -2.53. The van der Waals surface area contributed by atoms with Crippen LogP contribution in [0.15, 0.2) is 28.8 Å². The molecule has 0 spiro atoms. The molecule has 0 aliphatic carbocycles. The van der Waals surface area contributed by atoms with Gasteiger partial charge in [0.05, 0.1) is 6.54 Å². The van der Waals surface area contributed by atoms with E-state index >= 15 is 0 Å². The molecule has 2 saturated heterocycles. The maximum Gasteiger partial charge on any atom is 0.414 e. The molecule has 2 aliphatic rings. The normalized spacial score (nSPS) is 19.3. The number of rotatable bonds is 7. The Labute approximate surface area is 187 Å². The van der Waals surface area contributed by atoms with Gasteiger partial charge < -0.3 is 19.5 Å². The van der Waals surface area contributed by atoms with Gasteiger partial charge in [-0.3, -0.25) is 9.80 Å². The first-order chi connectivity index (χ1) is 15.5. The van der Waals surface area contributed by atoms with Gasteiger partial charge in [-0.15, -0.1) is 0 Å². The Hall–Kier alpha value is -3.14. The van der Waals surface area contributed by atoms with E-state index in [9.17, 15) is 9.59 Å². The van der Waals surface area contributed by atoms with Gasteiger partial charge in [0.15, 0.2) is 0 Å². The van der Waals surface area contributed by atoms with Crippen LogP contribution in [-0.4, -0.2) is 84.0 Å². The summed E-state index contributed by atoms with van der Waals surface area (Å²) < 4.78 is 10.6. The molecular formula is C22H30N6O4. The zero-order chi connectivity index (χ0) is 22.5. The van der Waals surface area contributed by atoms with Crippen molar-refractivity contribution in [2.45, 2.75) is 32.8 Å². The fraction of sp³-hybridized carbons (Fsp3) is 0.545. The number of anilines is 1. The minimum absolute atomic E-state index is 0.0102. The maximum atomic E-state index is 12.4. The molecule has 1 unspecified atom stereocenters. The van der Waals surface area contributed by atoms with Gasteiger partial charge in [0.1, 0.15) is 6.10 Å². The summed E-state index contributed by atoms with van der Waals surface area (Å²) in [6.07, 6.45) is 1.52. The number of aromatic nitrogens is 2. The lowest BCUT2D eigenvalue weighted by Gasteiger charge is -2.35. The molecule has 2 aromatic rings. The van der Waals surface area contributed by atoms with Crippen LogP contribution in [0.4, 0.5) is 15.3 Å². The fourth-order valence-corrected chi connectivity index (χ4v) is 3.94. The lowest BCUT2D eigenvalue weighted by molar-refractivity contribution is 0.0844. The van der Waals surface area contributed by atoms with Crippen LogP contribution < -0.4 is 10.2 Å². The van der Waals surface area contributed by atoms with Gasteiger partial charge in [-0.25, -0.2) is 9.59 Å². The van der Waals surface area contributed by atoms with Gasteiger partial charge in [0.2, 0.25) is 11.7 Å². The summed E-state index contributed by atoms with van der Waals surface area (Å²) in [4.78, 5) is 34.6. The number of hydrogen-bond acceptors (Lipinski definition) is 7. The number of cyclic esters (lactones) is 1. The van der Waals surface area contributed by atoms with Crippen molar-refractivity contribution in [3.63, 3.8) is 0 Å². The molecule has 1 aromatic heterocycles. The Morgan fingerprint density at radius 1 is 1.19 bits per heavy atom. The van der Waals surface area contributed by atoms with Crippen LogP contribution in [0.2, 0.25) is 0 Å². The van der Waals surface area contributed by atoms with Crippen molar-refractivity contribution in [3.05, 3.63) is 30.2 Å². The molecule has 10 nitrogen and oxygen atoms in total. The first kappa shape index (κ1) is 22.1. The van der Waals surface area contributed by atoms with Crippen LogP contribution in [0.3, 0.4) is 0 Å². The number of aryl methyl sites for hydroxylation is 1. The van der Waals surface area contributed by atoms with E-state index < -0.39 is 0 Å². The highest BCUT2D eigenvalue weighted by Gasteiger charge is 2.34. The van der Waals surface area contributed by atoms with E-state index in [2.05, 4.69) is 27.3 Å². The molecule has 2 aliphatic heterocycles. The van der Waals surface area contributed by atoms with Crippen LogP contribution in [-0.2, 0) is 4.74 Å². The molecule has 32 heavy (non-hydrogen) atoms. The first-order valence-electron chi connectivity index (χ1n) is 11.2. The quantitative estimate of drug-likeness (QED) is 0.657. The van der Waals surface area contributed by atoms with E-state index in [-0.39, 0.29) is 18.2 Å². The highest BCUT2D eigenvalue weighted by atomic mass is 16.6. The third kappa shape index (κ3) is 5.18. The van der Waals surface area contributed by atoms with Gasteiger partial charge in [-0.1, -0.05) is 18.5 Å². The summed E-state index contributed by atoms with van der Waals surface area (Å²) >= 11 is 0. The lowest BCUT2D eigenvalue weighted by atomic mass is 10.2. The van der Waals surface area contributed by atoms with Crippen molar-refractivity contribution in [2.75, 3.05) is 50.7 Å². The summed E-state index contributed by atoms with van der Waals surface area (Å²) in [6, 6.07) is 7.47. The number of hydrogen-bond donors (Lipinski definition) is 1. The molecular weight excluding hydrogens is 412 g/mol. The maximum absolute atomic E-state index is 12.4. The number of amides is 3. The Morgan fingerprint density at radius 2 is 1.94 bits per heavy atom. The summed E-state index contributed by atoms with van der Waals surface area (Å²) in [5.41, 5.74) is 1.60. The second kappa shape index (κ2) is 9.99. The molecule has 10 heteroatoms. The Kier molecular flexibility index (Phi) is 6.89. The zero-order valence-electron chi connectivity index (χ0n) is 18.6. The smallest absolute Gasteiger partial charge is 0.414 e. The number of ether oxygens (including phenoxy) is 1. The second-order valence-electron chi connectivity index (χ2n) is 8.17. The van der Waals surface area contributed by atoms with E-state index in [1.165, 1.54) is 0 Å². The molecule has 3 amide bonds. The van der Waals surface area contributed by atoms with Crippen LogP contribution in [0.5, 0.6) is 0 Å². The standard InChI is InChI=1S/C22H30N6O4/c1-3-4-9-23-21(29)27-12-10-26(11-13-27)14-19-15-28(22(30)31-19)18-7-5-17(6-8-18)20-24-16(2)32-25-20/h5-8,19H,3-4,9-15H2,1-2H3,(H,23,29). The van der Waals surface area contributed by atoms with Crippen molar-refractivity contribution >= 4 is 17.8 Å². The number of unbranched alkanes of at least 4 members (excludes halogenated alkanes) is 1. The van der Waals surface area contributed by atoms with Gasteiger partial charge in [-0.05, 0) is 30.7 Å². The number of nitrogens with one attached hydrogen (secondary N) is 1. The second-order valence-corrected chi connectivity index (χ2v) is 8.17. The molecule has 0 radical (unpaired) electrons. The monoisotopic (exact) mass is 442 g/mol. The van der Waals surface area contributed by atoms with Gasteiger partial charge in [0.25, 0.3) is 0 Å². The molecule has 4 rings (SSSR count). The third-order valence-electron chi connectivity index (χ3n) is 5.77. The molecule has 172 valence electrons. The average molecular weight is 443 g/mol. The summed E-state index contributed by atoms with van der Waals surface area (Å²) in [5.74, 6) is 1.03. The Bertz CT molecular complexity index is 923. The third-order valence-corrected chi connectivity index (χ3v) is 5.77.